The Morgan fingerprint density at radius 1 is 1.18 bits per heavy atom. The number of nitrogens with zero attached hydrogens (tertiary/aromatic N) is 3. The minimum absolute atomic E-state index is 0.249. The number of nitrogens with one attached hydrogen (secondary N) is 1. The average Bonchev–Trinajstić information content (AvgIpc) is 2.75. The van der Waals surface area contributed by atoms with Gasteiger partial charge in [-0.05, 0) is 12.1 Å². The highest BCUT2D eigenvalue weighted by Gasteiger charge is 2.20. The highest BCUT2D eigenvalue weighted by Crippen LogP contribution is 2.21. The lowest BCUT2D eigenvalue weighted by molar-refractivity contribution is -0.876. The summed E-state index contributed by atoms with van der Waals surface area (Å²) in [6.07, 6.45) is 2.79. The molecule has 1 aromatic heterocycles. The smallest absolute Gasteiger partial charge is 0.292 e. The fourth-order valence-electron chi connectivity index (χ4n) is 2.77. The molecule has 1 N–H and O–H groups in total. The third kappa shape index (κ3) is 3.00. The quantitative estimate of drug-likeness (QED) is 0.882. The first-order chi connectivity index (χ1) is 10.7. The van der Waals surface area contributed by atoms with E-state index in [9.17, 15) is 4.79 Å². The molecule has 2 heterocycles. The summed E-state index contributed by atoms with van der Waals surface area (Å²) in [5.74, 6) is 0. The van der Waals surface area contributed by atoms with Crippen LogP contribution in [0.4, 0.5) is 5.69 Å². The lowest BCUT2D eigenvalue weighted by atomic mass is 10.3. The minimum atomic E-state index is -0.268. The van der Waals surface area contributed by atoms with E-state index in [0.29, 0.717) is 0 Å². The van der Waals surface area contributed by atoms with Gasteiger partial charge in [0, 0.05) is 13.0 Å². The molecule has 1 aliphatic heterocycles. The maximum atomic E-state index is 12.5. The van der Waals surface area contributed by atoms with Crippen molar-refractivity contribution in [1.82, 2.24) is 9.78 Å². The van der Waals surface area contributed by atoms with Gasteiger partial charge in [0.2, 0.25) is 0 Å². The Labute approximate surface area is 134 Å². The molecule has 6 heteroatoms. The fourth-order valence-corrected chi connectivity index (χ4v) is 3.02. The normalized spacial score (nSPS) is 19.0. The van der Waals surface area contributed by atoms with E-state index in [1.54, 1.807) is 6.20 Å². The summed E-state index contributed by atoms with van der Waals surface area (Å²) >= 11 is 6.35. The molecule has 0 spiro atoms. The van der Waals surface area contributed by atoms with Crippen LogP contribution in [0.2, 0.25) is 5.02 Å². The van der Waals surface area contributed by atoms with Crippen LogP contribution in [0.3, 0.4) is 0 Å². The molecule has 0 bridgehead atoms. The average molecular weight is 320 g/mol. The number of aromatic nitrogens is 2. The molecule has 116 valence electrons. The molecule has 1 aliphatic rings. The third-order valence-electron chi connectivity index (χ3n) is 4.08. The Bertz CT molecular complexity index is 701. The summed E-state index contributed by atoms with van der Waals surface area (Å²) in [6.45, 7) is 3.98. The van der Waals surface area contributed by atoms with Crippen molar-refractivity contribution < 1.29 is 4.90 Å². The first kappa shape index (κ1) is 15.1. The number of quaternary nitrogens is 1. The zero-order valence-corrected chi connectivity index (χ0v) is 13.4. The fraction of sp³-hybridized carbons (Fsp3) is 0.375. The van der Waals surface area contributed by atoms with Crippen molar-refractivity contribution in [2.45, 2.75) is 6.42 Å². The summed E-state index contributed by atoms with van der Waals surface area (Å²) in [7, 11) is 2.19. The van der Waals surface area contributed by atoms with Gasteiger partial charge in [0.1, 0.15) is 5.02 Å². The van der Waals surface area contributed by atoms with Gasteiger partial charge < -0.3 is 9.80 Å². The number of anilines is 1. The molecule has 0 amide bonds. The molecular weight excluding hydrogens is 300 g/mol. The molecule has 1 saturated heterocycles. The molecule has 1 fully saturated rings. The number of hydrogen-bond acceptors (Lipinski definition) is 3. The summed E-state index contributed by atoms with van der Waals surface area (Å²) in [5, 5.41) is 4.55. The highest BCUT2D eigenvalue weighted by molar-refractivity contribution is 6.33. The van der Waals surface area contributed by atoms with Crippen LogP contribution in [0, 0.1) is 0 Å². The maximum absolute atomic E-state index is 12.5. The van der Waals surface area contributed by atoms with Crippen molar-refractivity contribution in [1.29, 1.82) is 0 Å². The van der Waals surface area contributed by atoms with Crippen LogP contribution >= 0.6 is 11.6 Å². The second-order valence-corrected chi connectivity index (χ2v) is 6.07. The van der Waals surface area contributed by atoms with Gasteiger partial charge in [-0.1, -0.05) is 29.8 Å². The highest BCUT2D eigenvalue weighted by atomic mass is 35.5. The third-order valence-corrected chi connectivity index (χ3v) is 4.44. The number of rotatable bonds is 2. The molecule has 1 unspecified atom stereocenters. The van der Waals surface area contributed by atoms with Crippen LogP contribution in [-0.4, -0.2) is 43.0 Å². The van der Waals surface area contributed by atoms with Gasteiger partial charge in [-0.25, -0.2) is 0 Å². The monoisotopic (exact) mass is 319 g/mol. The van der Waals surface area contributed by atoms with E-state index in [1.165, 1.54) is 9.58 Å². The molecule has 0 radical (unpaired) electrons. The molecule has 22 heavy (non-hydrogen) atoms. The number of para-hydroxylation sites is 1. The van der Waals surface area contributed by atoms with Crippen molar-refractivity contribution in [3.63, 3.8) is 0 Å². The van der Waals surface area contributed by atoms with Crippen LogP contribution in [0.1, 0.15) is 6.42 Å². The number of halogens is 1. The topological polar surface area (TPSA) is 42.6 Å². The molecule has 5 nitrogen and oxygen atoms in total. The number of benzene rings is 1. The van der Waals surface area contributed by atoms with Crippen molar-refractivity contribution in [3.05, 3.63) is 51.9 Å². The predicted molar refractivity (Wildman–Crippen MR) is 88.3 cm³/mol. The van der Waals surface area contributed by atoms with Crippen LogP contribution in [0.15, 0.2) is 41.3 Å². The van der Waals surface area contributed by atoms with Gasteiger partial charge in [-0.2, -0.15) is 9.78 Å². The number of hydrogen-bond donors (Lipinski definition) is 1. The molecular formula is C16H20ClN4O+. The van der Waals surface area contributed by atoms with Crippen LogP contribution in [-0.2, 0) is 0 Å². The van der Waals surface area contributed by atoms with E-state index >= 15 is 0 Å². The van der Waals surface area contributed by atoms with Gasteiger partial charge in [0.15, 0.2) is 0 Å². The molecule has 0 saturated carbocycles. The van der Waals surface area contributed by atoms with Gasteiger partial charge in [0.05, 0.1) is 44.3 Å². The Balaban J connectivity index is 1.95. The number of likely N-dealkylation sites (N-methyl/N-ethyl adjacent to an activating group) is 1. The largest absolute Gasteiger partial charge is 0.363 e. The first-order valence-electron chi connectivity index (χ1n) is 7.56. The van der Waals surface area contributed by atoms with Crippen molar-refractivity contribution in [2.24, 2.45) is 0 Å². The van der Waals surface area contributed by atoms with E-state index in [1.807, 2.05) is 30.3 Å². The second kappa shape index (κ2) is 6.50. The Morgan fingerprint density at radius 2 is 1.95 bits per heavy atom. The second-order valence-electron chi connectivity index (χ2n) is 5.69. The minimum Gasteiger partial charge on any atom is -0.363 e. The Hall–Kier alpha value is -1.85. The summed E-state index contributed by atoms with van der Waals surface area (Å²) in [6, 6.07) is 9.33. The van der Waals surface area contributed by atoms with Gasteiger partial charge in [0.25, 0.3) is 5.56 Å². The van der Waals surface area contributed by atoms with Gasteiger partial charge in [-0.15, -0.1) is 0 Å². The van der Waals surface area contributed by atoms with E-state index < -0.39 is 0 Å². The SMILES string of the molecule is C[NH+]1CCCN(c2cnn(-c3ccccc3)c(=O)c2Cl)CC1. The summed E-state index contributed by atoms with van der Waals surface area (Å²) in [5.41, 5.74) is 1.20. The molecule has 3 rings (SSSR count). The molecule has 1 atom stereocenters. The first-order valence-corrected chi connectivity index (χ1v) is 7.94. The lowest BCUT2D eigenvalue weighted by Crippen LogP contribution is -3.09. The van der Waals surface area contributed by atoms with Gasteiger partial charge in [-0.3, -0.25) is 4.79 Å². The molecule has 2 aromatic rings. The molecule has 0 aliphatic carbocycles. The lowest BCUT2D eigenvalue weighted by Gasteiger charge is -2.22. The van der Waals surface area contributed by atoms with E-state index in [0.717, 1.165) is 44.0 Å². The van der Waals surface area contributed by atoms with Crippen LogP contribution in [0.25, 0.3) is 5.69 Å². The Kier molecular flexibility index (Phi) is 4.45. The van der Waals surface area contributed by atoms with E-state index in [-0.39, 0.29) is 10.6 Å². The summed E-state index contributed by atoms with van der Waals surface area (Å²) in [4.78, 5) is 16.2. The molecule has 1 aromatic carbocycles. The van der Waals surface area contributed by atoms with Crippen molar-refractivity contribution in [2.75, 3.05) is 38.1 Å². The van der Waals surface area contributed by atoms with Crippen LogP contribution in [0.5, 0.6) is 0 Å². The van der Waals surface area contributed by atoms with E-state index in [4.69, 9.17) is 11.6 Å². The summed E-state index contributed by atoms with van der Waals surface area (Å²) < 4.78 is 1.35. The zero-order chi connectivity index (χ0) is 15.5. The van der Waals surface area contributed by atoms with Crippen LogP contribution < -0.4 is 15.4 Å². The maximum Gasteiger partial charge on any atom is 0.292 e. The predicted octanol–water partition coefficient (Wildman–Crippen LogP) is 0.611. The van der Waals surface area contributed by atoms with Crippen molar-refractivity contribution >= 4 is 17.3 Å². The standard InChI is InChI=1S/C16H19ClN4O/c1-19-8-5-9-20(11-10-19)14-12-18-21(16(22)15(14)17)13-6-3-2-4-7-13/h2-4,6-7,12H,5,8-11H2,1H3/p+1. The van der Waals surface area contributed by atoms with Gasteiger partial charge >= 0.3 is 0 Å². The Morgan fingerprint density at radius 3 is 2.73 bits per heavy atom. The van der Waals surface area contributed by atoms with E-state index in [2.05, 4.69) is 17.0 Å². The van der Waals surface area contributed by atoms with Crippen molar-refractivity contribution in [3.8, 4) is 5.69 Å². The zero-order valence-electron chi connectivity index (χ0n) is 12.6.